The second-order valence-corrected chi connectivity index (χ2v) is 7.12. The Morgan fingerprint density at radius 2 is 1.89 bits per heavy atom. The first-order valence-corrected chi connectivity index (χ1v) is 8.28. The van der Waals surface area contributed by atoms with Crippen molar-refractivity contribution >= 4 is 15.7 Å². The predicted octanol–water partition coefficient (Wildman–Crippen LogP) is 2.53. The summed E-state index contributed by atoms with van der Waals surface area (Å²) in [6.07, 6.45) is 4.17. The first-order valence-electron chi connectivity index (χ1n) is 6.84. The van der Waals surface area contributed by atoms with Gasteiger partial charge in [-0.25, -0.2) is 8.42 Å². The average Bonchev–Trinajstić information content (AvgIpc) is 2.82. The molecule has 1 aliphatic rings. The highest BCUT2D eigenvalue weighted by atomic mass is 32.2. The van der Waals surface area contributed by atoms with Gasteiger partial charge in [-0.05, 0) is 43.5 Å². The molecule has 0 spiro atoms. The summed E-state index contributed by atoms with van der Waals surface area (Å²) in [6, 6.07) is 5.19. The second-order valence-electron chi connectivity index (χ2n) is 5.23. The molecule has 1 aromatic carbocycles. The number of benzene rings is 1. The van der Waals surface area contributed by atoms with E-state index in [0.717, 1.165) is 31.2 Å². The lowest BCUT2D eigenvalue weighted by molar-refractivity contribution is 0.335. The highest BCUT2D eigenvalue weighted by Crippen LogP contribution is 2.29. The van der Waals surface area contributed by atoms with Gasteiger partial charge in [-0.3, -0.25) is 0 Å². The van der Waals surface area contributed by atoms with E-state index in [-0.39, 0.29) is 6.04 Å². The highest BCUT2D eigenvalue weighted by Gasteiger charge is 2.32. The van der Waals surface area contributed by atoms with Crippen LogP contribution in [-0.4, -0.2) is 25.3 Å². The van der Waals surface area contributed by atoms with Gasteiger partial charge >= 0.3 is 0 Å². The molecule has 0 unspecified atom stereocenters. The number of anilines is 1. The van der Waals surface area contributed by atoms with Crippen LogP contribution in [0.5, 0.6) is 0 Å². The summed E-state index contributed by atoms with van der Waals surface area (Å²) < 4.78 is 27.1. The molecule has 1 aromatic rings. The molecule has 2 rings (SSSR count). The molecule has 5 heteroatoms. The van der Waals surface area contributed by atoms with Gasteiger partial charge in [0.2, 0.25) is 10.0 Å². The van der Waals surface area contributed by atoms with E-state index in [1.165, 1.54) is 0 Å². The van der Waals surface area contributed by atoms with Gasteiger partial charge in [-0.1, -0.05) is 19.8 Å². The summed E-state index contributed by atoms with van der Waals surface area (Å²) >= 11 is 0. The summed E-state index contributed by atoms with van der Waals surface area (Å²) in [5.41, 5.74) is 7.15. The van der Waals surface area contributed by atoms with Crippen molar-refractivity contribution in [3.05, 3.63) is 23.8 Å². The van der Waals surface area contributed by atoms with Crippen LogP contribution in [-0.2, 0) is 10.0 Å². The molecule has 0 bridgehead atoms. The topological polar surface area (TPSA) is 63.4 Å². The lowest BCUT2D eigenvalue weighted by Crippen LogP contribution is -2.38. The van der Waals surface area contributed by atoms with Crippen LogP contribution in [0.1, 0.15) is 38.2 Å². The maximum Gasteiger partial charge on any atom is 0.243 e. The third-order valence-electron chi connectivity index (χ3n) is 3.72. The van der Waals surface area contributed by atoms with Crippen LogP contribution in [0.4, 0.5) is 5.69 Å². The fourth-order valence-electron chi connectivity index (χ4n) is 2.88. The van der Waals surface area contributed by atoms with Gasteiger partial charge in [0.05, 0.1) is 4.90 Å². The maximum absolute atomic E-state index is 12.7. The van der Waals surface area contributed by atoms with Gasteiger partial charge in [-0.15, -0.1) is 0 Å². The summed E-state index contributed by atoms with van der Waals surface area (Å²) in [6.45, 7) is 4.27. The number of hydrogen-bond donors (Lipinski definition) is 1. The minimum atomic E-state index is -3.43. The Morgan fingerprint density at radius 1 is 1.26 bits per heavy atom. The fourth-order valence-corrected chi connectivity index (χ4v) is 4.71. The van der Waals surface area contributed by atoms with Gasteiger partial charge in [0.1, 0.15) is 0 Å². The van der Waals surface area contributed by atoms with E-state index in [9.17, 15) is 8.42 Å². The zero-order valence-corrected chi connectivity index (χ0v) is 12.4. The van der Waals surface area contributed by atoms with Crippen LogP contribution >= 0.6 is 0 Å². The van der Waals surface area contributed by atoms with E-state index in [2.05, 4.69) is 0 Å². The van der Waals surface area contributed by atoms with Crippen LogP contribution in [0, 0.1) is 6.92 Å². The van der Waals surface area contributed by atoms with Crippen molar-refractivity contribution in [1.29, 1.82) is 0 Å². The standard InChI is InChI=1S/C14H22N2O2S/c1-3-16(13-6-4-5-7-13)19(17,18)14-9-11(2)8-12(15)10-14/h8-10,13H,3-7,15H2,1-2H3. The van der Waals surface area contributed by atoms with Crippen molar-refractivity contribution in [2.45, 2.75) is 50.5 Å². The third-order valence-corrected chi connectivity index (χ3v) is 5.73. The maximum atomic E-state index is 12.7. The van der Waals surface area contributed by atoms with Gasteiger partial charge in [0.25, 0.3) is 0 Å². The van der Waals surface area contributed by atoms with Crippen molar-refractivity contribution in [3.63, 3.8) is 0 Å². The van der Waals surface area contributed by atoms with Crippen LogP contribution in [0.15, 0.2) is 23.1 Å². The Bertz CT molecular complexity index is 528. The number of nitrogens with zero attached hydrogens (tertiary/aromatic N) is 1. The minimum Gasteiger partial charge on any atom is -0.399 e. The molecule has 0 radical (unpaired) electrons. The molecule has 1 fully saturated rings. The van der Waals surface area contributed by atoms with Crippen molar-refractivity contribution in [1.82, 2.24) is 4.31 Å². The number of nitrogens with two attached hydrogens (primary N) is 1. The summed E-state index contributed by atoms with van der Waals surface area (Å²) in [5.74, 6) is 0. The largest absolute Gasteiger partial charge is 0.399 e. The quantitative estimate of drug-likeness (QED) is 0.863. The normalized spacial score (nSPS) is 17.2. The van der Waals surface area contributed by atoms with Crippen LogP contribution < -0.4 is 5.73 Å². The fraction of sp³-hybridized carbons (Fsp3) is 0.571. The minimum absolute atomic E-state index is 0.150. The number of aryl methyl sites for hydroxylation is 1. The molecule has 0 amide bonds. The van der Waals surface area contributed by atoms with E-state index in [1.54, 1.807) is 22.5 Å². The first-order chi connectivity index (χ1) is 8.95. The lowest BCUT2D eigenvalue weighted by atomic mass is 10.2. The van der Waals surface area contributed by atoms with Crippen molar-refractivity contribution in [2.24, 2.45) is 0 Å². The number of sulfonamides is 1. The molecule has 0 aromatic heterocycles. The summed E-state index contributed by atoms with van der Waals surface area (Å²) in [7, 11) is -3.43. The third kappa shape index (κ3) is 2.92. The lowest BCUT2D eigenvalue weighted by Gasteiger charge is -2.27. The molecule has 4 nitrogen and oxygen atoms in total. The molecule has 19 heavy (non-hydrogen) atoms. The molecule has 0 atom stereocenters. The molecular weight excluding hydrogens is 260 g/mol. The number of hydrogen-bond acceptors (Lipinski definition) is 3. The van der Waals surface area contributed by atoms with E-state index >= 15 is 0 Å². The Morgan fingerprint density at radius 3 is 2.42 bits per heavy atom. The molecule has 2 N–H and O–H groups in total. The SMILES string of the molecule is CCN(C1CCCC1)S(=O)(=O)c1cc(C)cc(N)c1. The Kier molecular flexibility index (Phi) is 4.16. The molecular formula is C14H22N2O2S. The Hall–Kier alpha value is -1.07. The van der Waals surface area contributed by atoms with Crippen molar-refractivity contribution < 1.29 is 8.42 Å². The van der Waals surface area contributed by atoms with Gasteiger partial charge in [0, 0.05) is 18.3 Å². The van der Waals surface area contributed by atoms with Crippen LogP contribution in [0.2, 0.25) is 0 Å². The van der Waals surface area contributed by atoms with E-state index in [4.69, 9.17) is 5.73 Å². The smallest absolute Gasteiger partial charge is 0.243 e. The zero-order valence-electron chi connectivity index (χ0n) is 11.6. The van der Waals surface area contributed by atoms with Crippen molar-refractivity contribution in [2.75, 3.05) is 12.3 Å². The molecule has 1 saturated carbocycles. The zero-order chi connectivity index (χ0) is 14.0. The van der Waals surface area contributed by atoms with E-state index < -0.39 is 10.0 Å². The first kappa shape index (κ1) is 14.3. The number of rotatable bonds is 4. The monoisotopic (exact) mass is 282 g/mol. The van der Waals surface area contributed by atoms with Gasteiger partial charge in [-0.2, -0.15) is 4.31 Å². The van der Waals surface area contributed by atoms with E-state index in [1.807, 2.05) is 13.8 Å². The molecule has 0 heterocycles. The second kappa shape index (κ2) is 5.51. The molecule has 0 aliphatic heterocycles. The molecule has 106 valence electrons. The predicted molar refractivity (Wildman–Crippen MR) is 77.4 cm³/mol. The summed E-state index contributed by atoms with van der Waals surface area (Å²) in [5, 5.41) is 0. The van der Waals surface area contributed by atoms with Gasteiger partial charge in [0.15, 0.2) is 0 Å². The molecule has 0 saturated heterocycles. The average molecular weight is 282 g/mol. The highest BCUT2D eigenvalue weighted by molar-refractivity contribution is 7.89. The van der Waals surface area contributed by atoms with Crippen LogP contribution in [0.25, 0.3) is 0 Å². The summed E-state index contributed by atoms with van der Waals surface area (Å²) in [4.78, 5) is 0.318. The van der Waals surface area contributed by atoms with Crippen molar-refractivity contribution in [3.8, 4) is 0 Å². The number of nitrogen functional groups attached to an aromatic ring is 1. The van der Waals surface area contributed by atoms with Crippen LogP contribution in [0.3, 0.4) is 0 Å². The Labute approximate surface area is 115 Å². The van der Waals surface area contributed by atoms with Gasteiger partial charge < -0.3 is 5.73 Å². The van der Waals surface area contributed by atoms with E-state index in [0.29, 0.717) is 17.1 Å². The molecule has 1 aliphatic carbocycles. The Balaban J connectivity index is 2.39.